The lowest BCUT2D eigenvalue weighted by Crippen LogP contribution is -2.51. The normalized spacial score (nSPS) is 13.9. The third-order valence-corrected chi connectivity index (χ3v) is 2.24. The summed E-state index contributed by atoms with van der Waals surface area (Å²) in [6.07, 6.45) is 1.01. The maximum Gasteiger partial charge on any atom is 0.236 e. The van der Waals surface area contributed by atoms with Crippen LogP contribution in [-0.2, 0) is 4.79 Å². The fraction of sp³-hybridized carbons (Fsp3) is 0.900. The first-order valence-corrected chi connectivity index (χ1v) is 4.98. The molecule has 3 heteroatoms. The quantitative estimate of drug-likeness (QED) is 0.679. The molecular weight excluding hydrogens is 164 g/mol. The number of hydrogen-bond donors (Lipinski definition) is 2. The summed E-state index contributed by atoms with van der Waals surface area (Å²) in [7, 11) is 0. The largest absolute Gasteiger partial charge is 0.355 e. The standard InChI is InChI=1S/C10H22N2O/c1-6-10(4,5)12-8(3)9(13)11-7-2/h8,12H,6-7H2,1-5H3,(H,11,13). The number of amides is 1. The Balaban J connectivity index is 3.99. The zero-order chi connectivity index (χ0) is 10.5. The number of carbonyl (C=O) groups is 1. The van der Waals surface area contributed by atoms with Gasteiger partial charge in [0.2, 0.25) is 5.91 Å². The van der Waals surface area contributed by atoms with E-state index in [2.05, 4.69) is 31.4 Å². The molecule has 0 aliphatic rings. The summed E-state index contributed by atoms with van der Waals surface area (Å²) in [6, 6.07) is -0.116. The molecule has 0 aliphatic carbocycles. The van der Waals surface area contributed by atoms with E-state index in [0.717, 1.165) is 6.42 Å². The molecule has 0 aromatic carbocycles. The van der Waals surface area contributed by atoms with E-state index >= 15 is 0 Å². The minimum absolute atomic E-state index is 0.0322. The fourth-order valence-electron chi connectivity index (χ4n) is 1.08. The molecular formula is C10H22N2O. The van der Waals surface area contributed by atoms with Crippen LogP contribution in [0.25, 0.3) is 0 Å². The lowest BCUT2D eigenvalue weighted by Gasteiger charge is -2.28. The molecule has 0 aliphatic heterocycles. The van der Waals surface area contributed by atoms with Gasteiger partial charge < -0.3 is 10.6 Å². The Morgan fingerprint density at radius 2 is 1.92 bits per heavy atom. The van der Waals surface area contributed by atoms with Gasteiger partial charge in [-0.1, -0.05) is 6.92 Å². The lowest BCUT2D eigenvalue weighted by molar-refractivity contribution is -0.123. The smallest absolute Gasteiger partial charge is 0.236 e. The van der Waals surface area contributed by atoms with Gasteiger partial charge in [-0.15, -0.1) is 0 Å². The molecule has 0 aromatic rings. The monoisotopic (exact) mass is 186 g/mol. The van der Waals surface area contributed by atoms with Crippen molar-refractivity contribution in [3.8, 4) is 0 Å². The van der Waals surface area contributed by atoms with Crippen molar-refractivity contribution < 1.29 is 4.79 Å². The highest BCUT2D eigenvalue weighted by Gasteiger charge is 2.21. The van der Waals surface area contributed by atoms with Crippen molar-refractivity contribution in [3.05, 3.63) is 0 Å². The Labute approximate surface area is 81.3 Å². The highest BCUT2D eigenvalue weighted by atomic mass is 16.2. The second-order valence-electron chi connectivity index (χ2n) is 4.00. The number of carbonyl (C=O) groups excluding carboxylic acids is 1. The molecule has 0 radical (unpaired) electrons. The minimum Gasteiger partial charge on any atom is -0.355 e. The van der Waals surface area contributed by atoms with Crippen LogP contribution in [-0.4, -0.2) is 24.0 Å². The molecule has 1 atom stereocenters. The summed E-state index contributed by atoms with van der Waals surface area (Å²) >= 11 is 0. The van der Waals surface area contributed by atoms with E-state index in [4.69, 9.17) is 0 Å². The third-order valence-electron chi connectivity index (χ3n) is 2.24. The Kier molecular flexibility index (Phi) is 4.99. The van der Waals surface area contributed by atoms with E-state index in [9.17, 15) is 4.79 Å². The Hall–Kier alpha value is -0.570. The van der Waals surface area contributed by atoms with E-state index in [-0.39, 0.29) is 17.5 Å². The van der Waals surface area contributed by atoms with Crippen molar-refractivity contribution in [1.82, 2.24) is 10.6 Å². The van der Waals surface area contributed by atoms with Gasteiger partial charge in [-0.05, 0) is 34.1 Å². The Morgan fingerprint density at radius 1 is 1.38 bits per heavy atom. The molecule has 0 saturated heterocycles. The Morgan fingerprint density at radius 3 is 2.31 bits per heavy atom. The fourth-order valence-corrected chi connectivity index (χ4v) is 1.08. The van der Waals surface area contributed by atoms with Crippen molar-refractivity contribution in [2.24, 2.45) is 0 Å². The van der Waals surface area contributed by atoms with Crippen LogP contribution in [0, 0.1) is 0 Å². The van der Waals surface area contributed by atoms with Gasteiger partial charge in [-0.3, -0.25) is 4.79 Å². The Bertz CT molecular complexity index is 166. The SMILES string of the molecule is CCNC(=O)C(C)NC(C)(C)CC. The lowest BCUT2D eigenvalue weighted by atomic mass is 10.0. The van der Waals surface area contributed by atoms with E-state index in [1.165, 1.54) is 0 Å². The molecule has 0 rings (SSSR count). The first kappa shape index (κ1) is 12.4. The van der Waals surface area contributed by atoms with Crippen LogP contribution in [0.5, 0.6) is 0 Å². The number of rotatable bonds is 5. The summed E-state index contributed by atoms with van der Waals surface area (Å²) in [4.78, 5) is 11.4. The average molecular weight is 186 g/mol. The molecule has 78 valence electrons. The molecule has 3 nitrogen and oxygen atoms in total. The predicted octanol–water partition coefficient (Wildman–Crippen LogP) is 1.29. The van der Waals surface area contributed by atoms with E-state index in [1.807, 2.05) is 13.8 Å². The second-order valence-corrected chi connectivity index (χ2v) is 4.00. The summed E-state index contributed by atoms with van der Waals surface area (Å²) in [6.45, 7) is 10.8. The summed E-state index contributed by atoms with van der Waals surface area (Å²) < 4.78 is 0. The molecule has 1 unspecified atom stereocenters. The van der Waals surface area contributed by atoms with Gasteiger partial charge in [-0.2, -0.15) is 0 Å². The van der Waals surface area contributed by atoms with Gasteiger partial charge in [0.05, 0.1) is 6.04 Å². The molecule has 0 spiro atoms. The van der Waals surface area contributed by atoms with Crippen LogP contribution in [0.3, 0.4) is 0 Å². The third kappa shape index (κ3) is 4.88. The van der Waals surface area contributed by atoms with Gasteiger partial charge >= 0.3 is 0 Å². The highest BCUT2D eigenvalue weighted by molar-refractivity contribution is 5.81. The van der Waals surface area contributed by atoms with Crippen LogP contribution in [0.1, 0.15) is 41.0 Å². The van der Waals surface area contributed by atoms with Crippen LogP contribution in [0.2, 0.25) is 0 Å². The van der Waals surface area contributed by atoms with Crippen LogP contribution < -0.4 is 10.6 Å². The highest BCUT2D eigenvalue weighted by Crippen LogP contribution is 2.07. The van der Waals surface area contributed by atoms with Gasteiger partial charge in [0, 0.05) is 12.1 Å². The van der Waals surface area contributed by atoms with E-state index in [0.29, 0.717) is 6.54 Å². The van der Waals surface area contributed by atoms with Gasteiger partial charge in [-0.25, -0.2) is 0 Å². The minimum atomic E-state index is -0.116. The number of hydrogen-bond acceptors (Lipinski definition) is 2. The van der Waals surface area contributed by atoms with Crippen molar-refractivity contribution >= 4 is 5.91 Å². The maximum absolute atomic E-state index is 11.4. The maximum atomic E-state index is 11.4. The average Bonchev–Trinajstić information content (AvgIpc) is 2.04. The summed E-state index contributed by atoms with van der Waals surface area (Å²) in [5.74, 6) is 0.0732. The van der Waals surface area contributed by atoms with Crippen LogP contribution >= 0.6 is 0 Å². The molecule has 0 heterocycles. The van der Waals surface area contributed by atoms with E-state index in [1.54, 1.807) is 0 Å². The number of likely N-dealkylation sites (N-methyl/N-ethyl adjacent to an activating group) is 1. The van der Waals surface area contributed by atoms with Gasteiger partial charge in [0.25, 0.3) is 0 Å². The van der Waals surface area contributed by atoms with E-state index < -0.39 is 0 Å². The van der Waals surface area contributed by atoms with Crippen molar-refractivity contribution in [3.63, 3.8) is 0 Å². The summed E-state index contributed by atoms with van der Waals surface area (Å²) in [5.41, 5.74) is 0.0322. The molecule has 2 N–H and O–H groups in total. The molecule has 0 fully saturated rings. The van der Waals surface area contributed by atoms with Crippen LogP contribution in [0.4, 0.5) is 0 Å². The van der Waals surface area contributed by atoms with Crippen molar-refractivity contribution in [2.75, 3.05) is 6.54 Å². The van der Waals surface area contributed by atoms with Crippen molar-refractivity contribution in [2.45, 2.75) is 52.6 Å². The molecule has 1 amide bonds. The van der Waals surface area contributed by atoms with Gasteiger partial charge in [0.1, 0.15) is 0 Å². The molecule has 13 heavy (non-hydrogen) atoms. The first-order chi connectivity index (χ1) is 5.93. The zero-order valence-corrected chi connectivity index (χ0v) is 9.40. The van der Waals surface area contributed by atoms with Gasteiger partial charge in [0.15, 0.2) is 0 Å². The molecule has 0 bridgehead atoms. The molecule has 0 saturated carbocycles. The zero-order valence-electron chi connectivity index (χ0n) is 9.40. The second kappa shape index (κ2) is 5.22. The topological polar surface area (TPSA) is 41.1 Å². The van der Waals surface area contributed by atoms with Crippen LogP contribution in [0.15, 0.2) is 0 Å². The predicted molar refractivity (Wildman–Crippen MR) is 55.7 cm³/mol. The first-order valence-electron chi connectivity index (χ1n) is 4.98. The summed E-state index contributed by atoms with van der Waals surface area (Å²) in [5, 5.41) is 6.07. The molecule has 0 aromatic heterocycles. The van der Waals surface area contributed by atoms with Crippen molar-refractivity contribution in [1.29, 1.82) is 0 Å². The number of nitrogens with one attached hydrogen (secondary N) is 2.